The second kappa shape index (κ2) is 3.96. The van der Waals surface area contributed by atoms with E-state index in [1.165, 1.54) is 31.9 Å². The van der Waals surface area contributed by atoms with Crippen LogP contribution in [-0.2, 0) is 0 Å². The average Bonchev–Trinajstić information content (AvgIpc) is 3.01. The molecule has 1 amide bonds. The van der Waals surface area contributed by atoms with Gasteiger partial charge in [-0.15, -0.1) is 0 Å². The van der Waals surface area contributed by atoms with Crippen molar-refractivity contribution < 1.29 is 9.21 Å². The van der Waals surface area contributed by atoms with Gasteiger partial charge in [-0.05, 0) is 49.1 Å². The van der Waals surface area contributed by atoms with Crippen LogP contribution in [0, 0.1) is 17.8 Å². The van der Waals surface area contributed by atoms with Gasteiger partial charge in [-0.3, -0.25) is 4.79 Å². The van der Waals surface area contributed by atoms with Crippen LogP contribution in [0.1, 0.15) is 36.2 Å². The van der Waals surface area contributed by atoms with E-state index in [1.807, 2.05) is 0 Å². The molecule has 1 heterocycles. The van der Waals surface area contributed by atoms with Gasteiger partial charge in [0.25, 0.3) is 5.91 Å². The summed E-state index contributed by atoms with van der Waals surface area (Å²) >= 11 is 0. The lowest BCUT2D eigenvalue weighted by atomic mass is 9.89. The number of furan rings is 1. The highest BCUT2D eigenvalue weighted by Crippen LogP contribution is 2.47. The number of rotatable bonds is 3. The zero-order valence-corrected chi connectivity index (χ0v) is 9.32. The molecule has 0 radical (unpaired) electrons. The number of hydrogen-bond acceptors (Lipinski definition) is 2. The summed E-state index contributed by atoms with van der Waals surface area (Å²) in [4.78, 5) is 11.7. The van der Waals surface area contributed by atoms with Gasteiger partial charge in [0.15, 0.2) is 5.76 Å². The summed E-state index contributed by atoms with van der Waals surface area (Å²) < 4.78 is 5.06. The number of amides is 1. The Kier molecular flexibility index (Phi) is 2.46. The Bertz CT molecular complexity index is 371. The molecule has 2 aliphatic carbocycles. The van der Waals surface area contributed by atoms with E-state index in [-0.39, 0.29) is 5.91 Å². The minimum absolute atomic E-state index is 0.0761. The zero-order valence-electron chi connectivity index (χ0n) is 9.32. The van der Waals surface area contributed by atoms with Crippen LogP contribution in [0.15, 0.2) is 22.8 Å². The quantitative estimate of drug-likeness (QED) is 0.848. The summed E-state index contributed by atoms with van der Waals surface area (Å²) in [7, 11) is 0. The van der Waals surface area contributed by atoms with Crippen LogP contribution in [-0.4, -0.2) is 12.5 Å². The molecule has 3 atom stereocenters. The first kappa shape index (κ1) is 9.94. The minimum Gasteiger partial charge on any atom is -0.459 e. The predicted octanol–water partition coefficient (Wildman–Crippen LogP) is 2.45. The summed E-state index contributed by atoms with van der Waals surface area (Å²) in [6.45, 7) is 0.820. The van der Waals surface area contributed by atoms with Crippen molar-refractivity contribution in [3.05, 3.63) is 24.2 Å². The molecular formula is C13H17NO2. The van der Waals surface area contributed by atoms with E-state index in [9.17, 15) is 4.79 Å². The van der Waals surface area contributed by atoms with Crippen LogP contribution in [0.4, 0.5) is 0 Å². The molecule has 1 aromatic rings. The maximum absolute atomic E-state index is 11.7. The third-order valence-corrected chi connectivity index (χ3v) is 4.15. The van der Waals surface area contributed by atoms with E-state index in [1.54, 1.807) is 12.1 Å². The Morgan fingerprint density at radius 3 is 3.00 bits per heavy atom. The summed E-state index contributed by atoms with van der Waals surface area (Å²) in [6.07, 6.45) is 7.01. The van der Waals surface area contributed by atoms with Gasteiger partial charge in [-0.25, -0.2) is 0 Å². The molecule has 2 saturated carbocycles. The van der Waals surface area contributed by atoms with E-state index < -0.39 is 0 Å². The lowest BCUT2D eigenvalue weighted by Gasteiger charge is -2.21. The van der Waals surface area contributed by atoms with Crippen LogP contribution in [0.2, 0.25) is 0 Å². The number of fused-ring (bicyclic) bond motifs is 2. The Balaban J connectivity index is 1.52. The van der Waals surface area contributed by atoms with Crippen LogP contribution in [0.5, 0.6) is 0 Å². The molecule has 0 spiro atoms. The van der Waals surface area contributed by atoms with E-state index in [0.29, 0.717) is 11.7 Å². The van der Waals surface area contributed by atoms with Crippen LogP contribution >= 0.6 is 0 Å². The molecule has 0 unspecified atom stereocenters. The van der Waals surface area contributed by atoms with Gasteiger partial charge in [0.1, 0.15) is 0 Å². The van der Waals surface area contributed by atoms with Gasteiger partial charge in [0.2, 0.25) is 0 Å². The van der Waals surface area contributed by atoms with E-state index in [2.05, 4.69) is 5.32 Å². The van der Waals surface area contributed by atoms with Crippen molar-refractivity contribution >= 4 is 5.91 Å². The van der Waals surface area contributed by atoms with Crippen LogP contribution < -0.4 is 5.32 Å². The summed E-state index contributed by atoms with van der Waals surface area (Å²) in [5, 5.41) is 2.98. The van der Waals surface area contributed by atoms with Gasteiger partial charge in [0, 0.05) is 6.54 Å². The Morgan fingerprint density at radius 2 is 2.38 bits per heavy atom. The van der Waals surface area contributed by atoms with Crippen molar-refractivity contribution in [1.29, 1.82) is 0 Å². The fourth-order valence-corrected chi connectivity index (χ4v) is 3.35. The zero-order chi connectivity index (χ0) is 11.0. The fourth-order valence-electron chi connectivity index (χ4n) is 3.35. The minimum atomic E-state index is -0.0761. The maximum atomic E-state index is 11.7. The molecule has 86 valence electrons. The molecule has 0 aliphatic heterocycles. The molecule has 3 rings (SSSR count). The highest BCUT2D eigenvalue weighted by molar-refractivity contribution is 5.91. The lowest BCUT2D eigenvalue weighted by molar-refractivity contribution is 0.0914. The van der Waals surface area contributed by atoms with E-state index in [4.69, 9.17) is 4.42 Å². The van der Waals surface area contributed by atoms with Crippen molar-refractivity contribution in [3.63, 3.8) is 0 Å². The highest BCUT2D eigenvalue weighted by Gasteiger charge is 2.39. The Labute approximate surface area is 95.2 Å². The maximum Gasteiger partial charge on any atom is 0.286 e. The number of carbonyl (C=O) groups is 1. The molecule has 1 N–H and O–H groups in total. The van der Waals surface area contributed by atoms with Gasteiger partial charge in [-0.1, -0.05) is 6.42 Å². The Hall–Kier alpha value is -1.25. The van der Waals surface area contributed by atoms with Crippen molar-refractivity contribution in [3.8, 4) is 0 Å². The van der Waals surface area contributed by atoms with Crippen molar-refractivity contribution in [2.24, 2.45) is 17.8 Å². The first-order valence-corrected chi connectivity index (χ1v) is 6.14. The molecule has 1 aromatic heterocycles. The third-order valence-electron chi connectivity index (χ3n) is 4.15. The number of hydrogen-bond donors (Lipinski definition) is 1. The Morgan fingerprint density at radius 1 is 1.44 bits per heavy atom. The molecule has 0 saturated heterocycles. The van der Waals surface area contributed by atoms with Crippen LogP contribution in [0.25, 0.3) is 0 Å². The second-order valence-corrected chi connectivity index (χ2v) is 5.12. The largest absolute Gasteiger partial charge is 0.459 e. The summed E-state index contributed by atoms with van der Waals surface area (Å²) in [5.74, 6) is 2.85. The standard InChI is InChI=1S/C13H17NO2/c15-13(12-2-1-5-16-12)14-8-11-7-9-3-4-10(11)6-9/h1-2,5,9-11H,3-4,6-8H2,(H,14,15)/t9-,10-,11+/m0/s1. The topological polar surface area (TPSA) is 42.2 Å². The molecule has 2 fully saturated rings. The van der Waals surface area contributed by atoms with Gasteiger partial charge in [-0.2, -0.15) is 0 Å². The van der Waals surface area contributed by atoms with Crippen molar-refractivity contribution in [2.75, 3.05) is 6.54 Å². The molecule has 2 bridgehead atoms. The fraction of sp³-hybridized carbons (Fsp3) is 0.615. The van der Waals surface area contributed by atoms with Gasteiger partial charge >= 0.3 is 0 Å². The molecule has 2 aliphatic rings. The van der Waals surface area contributed by atoms with Crippen LogP contribution in [0.3, 0.4) is 0 Å². The summed E-state index contributed by atoms with van der Waals surface area (Å²) in [6, 6.07) is 3.45. The van der Waals surface area contributed by atoms with Crippen molar-refractivity contribution in [2.45, 2.75) is 25.7 Å². The van der Waals surface area contributed by atoms with Gasteiger partial charge in [0.05, 0.1) is 6.26 Å². The SMILES string of the molecule is O=C(NC[C@H]1C[C@H]2CC[C@H]1C2)c1ccco1. The molecule has 16 heavy (non-hydrogen) atoms. The molecule has 3 heteroatoms. The summed E-state index contributed by atoms with van der Waals surface area (Å²) in [5.41, 5.74) is 0. The number of carbonyl (C=O) groups excluding carboxylic acids is 1. The lowest BCUT2D eigenvalue weighted by Crippen LogP contribution is -2.31. The second-order valence-electron chi connectivity index (χ2n) is 5.12. The highest BCUT2D eigenvalue weighted by atomic mass is 16.3. The third kappa shape index (κ3) is 1.75. The smallest absolute Gasteiger partial charge is 0.286 e. The predicted molar refractivity (Wildman–Crippen MR) is 60.0 cm³/mol. The molecule has 0 aromatic carbocycles. The molecular weight excluding hydrogens is 202 g/mol. The first-order chi connectivity index (χ1) is 7.83. The van der Waals surface area contributed by atoms with E-state index in [0.717, 1.165) is 18.4 Å². The number of nitrogens with one attached hydrogen (secondary N) is 1. The first-order valence-electron chi connectivity index (χ1n) is 6.14. The van der Waals surface area contributed by atoms with Crippen molar-refractivity contribution in [1.82, 2.24) is 5.32 Å². The normalized spacial score (nSPS) is 31.9. The van der Waals surface area contributed by atoms with Gasteiger partial charge < -0.3 is 9.73 Å². The molecule has 3 nitrogen and oxygen atoms in total. The monoisotopic (exact) mass is 219 g/mol. The average molecular weight is 219 g/mol. The van der Waals surface area contributed by atoms with E-state index >= 15 is 0 Å².